The molecule has 0 spiro atoms. The van der Waals surface area contributed by atoms with Crippen molar-refractivity contribution in [3.8, 4) is 0 Å². The predicted molar refractivity (Wildman–Crippen MR) is 56.9 cm³/mol. The largest absolute Gasteiger partial charge is 0.411 e. The van der Waals surface area contributed by atoms with Gasteiger partial charge in [0.15, 0.2) is 17.4 Å². The van der Waals surface area contributed by atoms with E-state index in [1.54, 1.807) is 0 Å². The van der Waals surface area contributed by atoms with Crippen molar-refractivity contribution in [3.63, 3.8) is 0 Å². The van der Waals surface area contributed by atoms with Crippen LogP contribution in [0, 0.1) is 18.6 Å². The van der Waals surface area contributed by atoms with Gasteiger partial charge in [0.05, 0.1) is 12.2 Å². The van der Waals surface area contributed by atoms with Gasteiger partial charge in [-0.2, -0.15) is 13.2 Å². The van der Waals surface area contributed by atoms with Crippen LogP contribution in [-0.2, 0) is 4.74 Å². The van der Waals surface area contributed by atoms with E-state index in [0.29, 0.717) is 0 Å². The van der Waals surface area contributed by atoms with Crippen molar-refractivity contribution >= 4 is 5.78 Å². The summed E-state index contributed by atoms with van der Waals surface area (Å²) in [6.45, 7) is -0.655. The van der Waals surface area contributed by atoms with E-state index in [4.69, 9.17) is 0 Å². The number of ketones is 1. The number of Topliss-reactive ketones (excluding diaryl/α,β-unsaturated/α-hetero) is 1. The smallest absolute Gasteiger partial charge is 0.372 e. The molecule has 0 bridgehead atoms. The Hall–Kier alpha value is -1.50. The minimum absolute atomic E-state index is 0.0439. The van der Waals surface area contributed by atoms with Gasteiger partial charge in [-0.15, -0.1) is 0 Å². The third-order valence-electron chi connectivity index (χ3n) is 2.31. The van der Waals surface area contributed by atoms with Gasteiger partial charge in [-0.05, 0) is 18.6 Å². The van der Waals surface area contributed by atoms with Crippen LogP contribution in [0.3, 0.4) is 0 Å². The molecule has 0 fully saturated rings. The first-order valence-corrected chi connectivity index (χ1v) is 5.34. The molecule has 1 aromatic carbocycles. The van der Waals surface area contributed by atoms with E-state index in [2.05, 4.69) is 4.74 Å². The van der Waals surface area contributed by atoms with Crippen molar-refractivity contribution in [2.75, 3.05) is 13.2 Å². The SMILES string of the molecule is Cc1ccc(C(=O)CCOCC(F)(F)F)c(F)c1F. The Morgan fingerprint density at radius 2 is 1.84 bits per heavy atom. The van der Waals surface area contributed by atoms with Crippen molar-refractivity contribution in [3.05, 3.63) is 34.9 Å². The molecule has 0 N–H and O–H groups in total. The van der Waals surface area contributed by atoms with E-state index in [1.807, 2.05) is 0 Å². The van der Waals surface area contributed by atoms with Gasteiger partial charge in [0.2, 0.25) is 0 Å². The molecule has 1 rings (SSSR count). The van der Waals surface area contributed by atoms with Gasteiger partial charge in [-0.25, -0.2) is 8.78 Å². The van der Waals surface area contributed by atoms with E-state index in [0.717, 1.165) is 6.07 Å². The summed E-state index contributed by atoms with van der Waals surface area (Å²) in [7, 11) is 0. The number of carbonyl (C=O) groups excluding carboxylic acids is 1. The summed E-state index contributed by atoms with van der Waals surface area (Å²) in [5.74, 6) is -3.23. The Bertz CT molecular complexity index is 468. The number of rotatable bonds is 5. The lowest BCUT2D eigenvalue weighted by Gasteiger charge is -2.08. The highest BCUT2D eigenvalue weighted by molar-refractivity contribution is 5.96. The maximum atomic E-state index is 13.4. The zero-order valence-corrected chi connectivity index (χ0v) is 9.98. The average molecular weight is 282 g/mol. The molecule has 1 aromatic rings. The number of halogens is 5. The van der Waals surface area contributed by atoms with Crippen LogP contribution >= 0.6 is 0 Å². The van der Waals surface area contributed by atoms with Crippen LogP contribution in [0.25, 0.3) is 0 Å². The van der Waals surface area contributed by atoms with Crippen molar-refractivity contribution in [2.45, 2.75) is 19.5 Å². The summed E-state index contributed by atoms with van der Waals surface area (Å²) in [5.41, 5.74) is -0.443. The van der Waals surface area contributed by atoms with Crippen molar-refractivity contribution in [1.82, 2.24) is 0 Å². The molecule has 0 aliphatic rings. The van der Waals surface area contributed by atoms with E-state index < -0.39 is 48.8 Å². The molecule has 0 saturated heterocycles. The fourth-order valence-electron chi connectivity index (χ4n) is 1.35. The Kier molecular flexibility index (Phi) is 4.99. The minimum atomic E-state index is -4.48. The van der Waals surface area contributed by atoms with Gasteiger partial charge in [0.25, 0.3) is 0 Å². The predicted octanol–water partition coefficient (Wildman–Crippen LogP) is 3.42. The van der Waals surface area contributed by atoms with Crippen molar-refractivity contribution < 1.29 is 31.5 Å². The second-order valence-electron chi connectivity index (χ2n) is 3.90. The molecule has 0 heterocycles. The van der Waals surface area contributed by atoms with Gasteiger partial charge < -0.3 is 4.74 Å². The first-order chi connectivity index (χ1) is 8.72. The van der Waals surface area contributed by atoms with Gasteiger partial charge in [-0.1, -0.05) is 6.07 Å². The summed E-state index contributed by atoms with van der Waals surface area (Å²) in [6.07, 6.45) is -4.93. The number of carbonyl (C=O) groups is 1. The van der Waals surface area contributed by atoms with Crippen LogP contribution in [0.1, 0.15) is 22.3 Å². The molecule has 0 radical (unpaired) electrons. The average Bonchev–Trinajstić information content (AvgIpc) is 2.30. The highest BCUT2D eigenvalue weighted by Crippen LogP contribution is 2.18. The molecule has 0 unspecified atom stereocenters. The van der Waals surface area contributed by atoms with Crippen LogP contribution in [0.2, 0.25) is 0 Å². The normalized spacial score (nSPS) is 11.7. The Balaban J connectivity index is 2.58. The van der Waals surface area contributed by atoms with E-state index in [1.165, 1.54) is 13.0 Å². The van der Waals surface area contributed by atoms with Crippen molar-refractivity contribution in [1.29, 1.82) is 0 Å². The number of hydrogen-bond donors (Lipinski definition) is 0. The van der Waals surface area contributed by atoms with Crippen LogP contribution in [0.4, 0.5) is 22.0 Å². The standard InChI is InChI=1S/C12H11F5O2/c1-7-2-3-8(11(14)10(7)13)9(18)4-5-19-6-12(15,16)17/h2-3H,4-6H2,1H3. The van der Waals surface area contributed by atoms with Crippen LogP contribution < -0.4 is 0 Å². The maximum Gasteiger partial charge on any atom is 0.411 e. The zero-order chi connectivity index (χ0) is 14.6. The fraction of sp³-hybridized carbons (Fsp3) is 0.417. The molecule has 0 atom stereocenters. The summed E-state index contributed by atoms with van der Waals surface area (Å²) in [6, 6.07) is 2.32. The zero-order valence-electron chi connectivity index (χ0n) is 9.98. The van der Waals surface area contributed by atoms with Gasteiger partial charge >= 0.3 is 6.18 Å². The van der Waals surface area contributed by atoms with E-state index in [-0.39, 0.29) is 5.56 Å². The second-order valence-corrected chi connectivity index (χ2v) is 3.90. The molecule has 0 saturated carbocycles. The molecule has 19 heavy (non-hydrogen) atoms. The van der Waals surface area contributed by atoms with Crippen molar-refractivity contribution in [2.24, 2.45) is 0 Å². The molecule has 2 nitrogen and oxygen atoms in total. The Morgan fingerprint density at radius 3 is 2.42 bits per heavy atom. The third-order valence-corrected chi connectivity index (χ3v) is 2.31. The first-order valence-electron chi connectivity index (χ1n) is 5.34. The molecule has 7 heteroatoms. The van der Waals surface area contributed by atoms with Crippen LogP contribution in [0.15, 0.2) is 12.1 Å². The lowest BCUT2D eigenvalue weighted by Crippen LogP contribution is -2.18. The van der Waals surface area contributed by atoms with Crippen LogP contribution in [0.5, 0.6) is 0 Å². The lowest BCUT2D eigenvalue weighted by atomic mass is 10.1. The summed E-state index contributed by atoms with van der Waals surface area (Å²) < 4.78 is 66.0. The van der Waals surface area contributed by atoms with Gasteiger partial charge in [-0.3, -0.25) is 4.79 Å². The summed E-state index contributed by atoms with van der Waals surface area (Å²) >= 11 is 0. The molecule has 0 aliphatic heterocycles. The van der Waals surface area contributed by atoms with E-state index in [9.17, 15) is 26.7 Å². The summed E-state index contributed by atoms with van der Waals surface area (Å²) in [5, 5.41) is 0. The number of ether oxygens (including phenoxy) is 1. The highest BCUT2D eigenvalue weighted by atomic mass is 19.4. The highest BCUT2D eigenvalue weighted by Gasteiger charge is 2.27. The quantitative estimate of drug-likeness (QED) is 0.470. The number of benzene rings is 1. The number of alkyl halides is 3. The molecular formula is C12H11F5O2. The number of aryl methyl sites for hydroxylation is 1. The maximum absolute atomic E-state index is 13.4. The van der Waals surface area contributed by atoms with E-state index >= 15 is 0 Å². The molecule has 106 valence electrons. The third kappa shape index (κ3) is 4.59. The second kappa shape index (κ2) is 6.10. The molecule has 0 aliphatic carbocycles. The van der Waals surface area contributed by atoms with Crippen LogP contribution in [-0.4, -0.2) is 25.2 Å². The molecular weight excluding hydrogens is 271 g/mol. The first kappa shape index (κ1) is 15.6. The fourth-order valence-corrected chi connectivity index (χ4v) is 1.35. The minimum Gasteiger partial charge on any atom is -0.372 e. The van der Waals surface area contributed by atoms with Gasteiger partial charge in [0.1, 0.15) is 6.61 Å². The number of hydrogen-bond acceptors (Lipinski definition) is 2. The summed E-state index contributed by atoms with van der Waals surface area (Å²) in [4.78, 5) is 11.5. The molecule has 0 aromatic heterocycles. The molecule has 0 amide bonds. The lowest BCUT2D eigenvalue weighted by molar-refractivity contribution is -0.173. The Morgan fingerprint density at radius 1 is 1.21 bits per heavy atom. The van der Waals surface area contributed by atoms with Gasteiger partial charge in [0, 0.05) is 6.42 Å². The Labute approximate surface area is 106 Å². The monoisotopic (exact) mass is 282 g/mol. The topological polar surface area (TPSA) is 26.3 Å².